The summed E-state index contributed by atoms with van der Waals surface area (Å²) in [6.07, 6.45) is 5.44. The standard InChI is InChI=1S/C38H57N7O4/c1-26(2)23-33(36(47)41-32(16-19-39)38(49)44-21-17-30(18-22-44)45-20-10-11-27(45)3)43-37(48)34(25-29-14-8-5-9-15-29)42-35(46)31(40)24-28-12-6-4-7-13-28/h4-9,12-15,26-27,30-34H,10-11,16-25,39-40H2,1-3H3,(H,41,47)(H,42,46)(H,43,48)/t27-,31-,32-,33-,34-/m1/s1. The zero-order chi connectivity index (χ0) is 35.3. The topological polar surface area (TPSA) is 163 Å². The van der Waals surface area contributed by atoms with Crippen LogP contribution in [0.4, 0.5) is 0 Å². The van der Waals surface area contributed by atoms with E-state index in [0.29, 0.717) is 44.4 Å². The Morgan fingerprint density at radius 1 is 0.755 bits per heavy atom. The van der Waals surface area contributed by atoms with Crippen LogP contribution in [0.5, 0.6) is 0 Å². The molecule has 5 atom stereocenters. The number of amides is 4. The van der Waals surface area contributed by atoms with E-state index >= 15 is 0 Å². The Morgan fingerprint density at radius 2 is 1.31 bits per heavy atom. The molecule has 2 saturated heterocycles. The number of benzene rings is 2. The summed E-state index contributed by atoms with van der Waals surface area (Å²) < 4.78 is 0. The van der Waals surface area contributed by atoms with Crippen molar-refractivity contribution in [3.63, 3.8) is 0 Å². The predicted molar refractivity (Wildman–Crippen MR) is 192 cm³/mol. The van der Waals surface area contributed by atoms with E-state index in [-0.39, 0.29) is 24.8 Å². The molecule has 2 aliphatic rings. The Balaban J connectivity index is 1.42. The number of nitrogens with one attached hydrogen (secondary N) is 3. The van der Waals surface area contributed by atoms with Crippen molar-refractivity contribution in [2.45, 2.75) is 108 Å². The van der Waals surface area contributed by atoms with Crippen LogP contribution >= 0.6 is 0 Å². The summed E-state index contributed by atoms with van der Waals surface area (Å²) in [6.45, 7) is 8.84. The van der Waals surface area contributed by atoms with Gasteiger partial charge in [0.15, 0.2) is 0 Å². The van der Waals surface area contributed by atoms with Gasteiger partial charge in [0.1, 0.15) is 18.1 Å². The van der Waals surface area contributed by atoms with E-state index in [0.717, 1.165) is 30.5 Å². The molecule has 0 radical (unpaired) electrons. The molecular formula is C38H57N7O4. The molecule has 11 heteroatoms. The molecule has 0 aliphatic carbocycles. The Labute approximate surface area is 291 Å². The molecular weight excluding hydrogens is 618 g/mol. The molecule has 11 nitrogen and oxygen atoms in total. The highest BCUT2D eigenvalue weighted by atomic mass is 16.2. The Hall–Kier alpha value is -3.80. The summed E-state index contributed by atoms with van der Waals surface area (Å²) in [7, 11) is 0. The summed E-state index contributed by atoms with van der Waals surface area (Å²) in [5.74, 6) is -1.47. The molecule has 4 rings (SSSR count). The molecule has 0 saturated carbocycles. The molecule has 0 unspecified atom stereocenters. The lowest BCUT2D eigenvalue weighted by Crippen LogP contribution is -2.59. The van der Waals surface area contributed by atoms with Gasteiger partial charge < -0.3 is 32.3 Å². The van der Waals surface area contributed by atoms with Gasteiger partial charge >= 0.3 is 0 Å². The van der Waals surface area contributed by atoms with Gasteiger partial charge in [-0.2, -0.15) is 0 Å². The number of hydrogen-bond donors (Lipinski definition) is 5. The quantitative estimate of drug-likeness (QED) is 0.182. The Morgan fingerprint density at radius 3 is 1.86 bits per heavy atom. The monoisotopic (exact) mass is 675 g/mol. The highest BCUT2D eigenvalue weighted by Crippen LogP contribution is 2.26. The number of nitrogens with two attached hydrogens (primary N) is 2. The van der Waals surface area contributed by atoms with E-state index in [1.54, 1.807) is 0 Å². The average Bonchev–Trinajstić information content (AvgIpc) is 3.53. The van der Waals surface area contributed by atoms with Crippen molar-refractivity contribution in [3.8, 4) is 0 Å². The first-order valence-corrected chi connectivity index (χ1v) is 18.0. The molecule has 2 aromatic carbocycles. The number of carbonyl (C=O) groups is 4. The fraction of sp³-hybridized carbons (Fsp3) is 0.579. The number of carbonyl (C=O) groups excluding carboxylic acids is 4. The maximum atomic E-state index is 13.9. The molecule has 2 aromatic rings. The molecule has 2 fully saturated rings. The smallest absolute Gasteiger partial charge is 0.245 e. The van der Waals surface area contributed by atoms with E-state index < -0.39 is 41.9 Å². The van der Waals surface area contributed by atoms with E-state index in [1.807, 2.05) is 79.4 Å². The minimum Gasteiger partial charge on any atom is -0.343 e. The van der Waals surface area contributed by atoms with Gasteiger partial charge in [0, 0.05) is 31.6 Å². The van der Waals surface area contributed by atoms with Crippen LogP contribution in [-0.4, -0.2) is 95.9 Å². The maximum Gasteiger partial charge on any atom is 0.245 e. The van der Waals surface area contributed by atoms with Crippen LogP contribution in [-0.2, 0) is 32.0 Å². The molecule has 0 bridgehead atoms. The van der Waals surface area contributed by atoms with Crippen molar-refractivity contribution in [2.24, 2.45) is 17.4 Å². The second-order valence-electron chi connectivity index (χ2n) is 14.2. The van der Waals surface area contributed by atoms with Crippen LogP contribution < -0.4 is 27.4 Å². The lowest BCUT2D eigenvalue weighted by atomic mass is 9.99. The highest BCUT2D eigenvalue weighted by molar-refractivity contribution is 5.95. The van der Waals surface area contributed by atoms with Gasteiger partial charge in [0.25, 0.3) is 0 Å². The van der Waals surface area contributed by atoms with Gasteiger partial charge in [-0.05, 0) is 82.0 Å². The minimum atomic E-state index is -0.972. The van der Waals surface area contributed by atoms with Crippen molar-refractivity contribution in [2.75, 3.05) is 26.2 Å². The van der Waals surface area contributed by atoms with E-state index in [9.17, 15) is 19.2 Å². The van der Waals surface area contributed by atoms with E-state index in [1.165, 1.54) is 12.8 Å². The van der Waals surface area contributed by atoms with Crippen LogP contribution in [0.25, 0.3) is 0 Å². The number of piperidine rings is 1. The lowest BCUT2D eigenvalue weighted by molar-refractivity contribution is -0.139. The molecule has 0 aromatic heterocycles. The average molecular weight is 676 g/mol. The number of likely N-dealkylation sites (tertiary alicyclic amines) is 2. The van der Waals surface area contributed by atoms with Crippen molar-refractivity contribution < 1.29 is 19.2 Å². The molecule has 7 N–H and O–H groups in total. The lowest BCUT2D eigenvalue weighted by Gasteiger charge is -2.39. The third-order valence-electron chi connectivity index (χ3n) is 9.81. The van der Waals surface area contributed by atoms with Gasteiger partial charge in [-0.1, -0.05) is 74.5 Å². The number of hydrogen-bond acceptors (Lipinski definition) is 7. The molecule has 2 heterocycles. The fourth-order valence-corrected chi connectivity index (χ4v) is 7.11. The maximum absolute atomic E-state index is 13.9. The Kier molecular flexibility index (Phi) is 14.6. The van der Waals surface area contributed by atoms with Crippen molar-refractivity contribution in [1.29, 1.82) is 0 Å². The molecule has 0 spiro atoms. The van der Waals surface area contributed by atoms with Crippen LogP contribution in [0.3, 0.4) is 0 Å². The molecule has 4 amide bonds. The van der Waals surface area contributed by atoms with Crippen LogP contribution in [0.15, 0.2) is 60.7 Å². The van der Waals surface area contributed by atoms with Crippen molar-refractivity contribution in [1.82, 2.24) is 25.8 Å². The first-order chi connectivity index (χ1) is 23.5. The number of rotatable bonds is 16. The largest absolute Gasteiger partial charge is 0.343 e. The summed E-state index contributed by atoms with van der Waals surface area (Å²) in [6, 6.07) is 16.3. The van der Waals surface area contributed by atoms with Crippen LogP contribution in [0.2, 0.25) is 0 Å². The van der Waals surface area contributed by atoms with Gasteiger partial charge in [-0.25, -0.2) is 0 Å². The third-order valence-corrected chi connectivity index (χ3v) is 9.81. The molecule has 268 valence electrons. The summed E-state index contributed by atoms with van der Waals surface area (Å²) >= 11 is 0. The first-order valence-electron chi connectivity index (χ1n) is 18.0. The van der Waals surface area contributed by atoms with Crippen LogP contribution in [0, 0.1) is 5.92 Å². The van der Waals surface area contributed by atoms with Gasteiger partial charge in [-0.15, -0.1) is 0 Å². The van der Waals surface area contributed by atoms with E-state index in [4.69, 9.17) is 11.5 Å². The van der Waals surface area contributed by atoms with Gasteiger partial charge in [0.05, 0.1) is 6.04 Å². The normalized spacial score (nSPS) is 19.6. The van der Waals surface area contributed by atoms with Gasteiger partial charge in [-0.3, -0.25) is 24.1 Å². The molecule has 2 aliphatic heterocycles. The summed E-state index contributed by atoms with van der Waals surface area (Å²) in [4.78, 5) is 59.1. The van der Waals surface area contributed by atoms with E-state index in [2.05, 4.69) is 27.8 Å². The minimum absolute atomic E-state index is 0.0631. The predicted octanol–water partition coefficient (Wildman–Crippen LogP) is 2.12. The van der Waals surface area contributed by atoms with Crippen LogP contribution in [0.1, 0.15) is 70.4 Å². The van der Waals surface area contributed by atoms with Crippen molar-refractivity contribution >= 4 is 23.6 Å². The fourth-order valence-electron chi connectivity index (χ4n) is 7.11. The second-order valence-corrected chi connectivity index (χ2v) is 14.2. The first kappa shape index (κ1) is 38.0. The zero-order valence-corrected chi connectivity index (χ0v) is 29.5. The summed E-state index contributed by atoms with van der Waals surface area (Å²) in [5, 5.41) is 8.68. The number of nitrogens with zero attached hydrogens (tertiary/aromatic N) is 2. The Bertz CT molecular complexity index is 1350. The second kappa shape index (κ2) is 18.8. The van der Waals surface area contributed by atoms with Crippen molar-refractivity contribution in [3.05, 3.63) is 71.8 Å². The van der Waals surface area contributed by atoms with Gasteiger partial charge in [0.2, 0.25) is 23.6 Å². The zero-order valence-electron chi connectivity index (χ0n) is 29.5. The summed E-state index contributed by atoms with van der Waals surface area (Å²) in [5.41, 5.74) is 13.9. The highest BCUT2D eigenvalue weighted by Gasteiger charge is 2.35. The third kappa shape index (κ3) is 11.4. The molecule has 49 heavy (non-hydrogen) atoms. The SMILES string of the molecule is CC(C)C[C@@H](NC(=O)[C@@H](Cc1ccccc1)NC(=O)[C@H](N)Cc1ccccc1)C(=O)N[C@H](CCN)C(=O)N1CCC(N2CCC[C@H]2C)CC1.